The lowest BCUT2D eigenvalue weighted by Gasteiger charge is -2.45. The highest BCUT2D eigenvalue weighted by molar-refractivity contribution is 6.03. The van der Waals surface area contributed by atoms with E-state index in [2.05, 4.69) is 11.8 Å². The fourth-order valence-electron chi connectivity index (χ4n) is 5.58. The number of aromatic nitrogens is 2. The molecule has 172 valence electrons. The summed E-state index contributed by atoms with van der Waals surface area (Å²) in [5.41, 5.74) is 14.6. The van der Waals surface area contributed by atoms with Gasteiger partial charge in [-0.1, -0.05) is 30.2 Å². The predicted octanol–water partition coefficient (Wildman–Crippen LogP) is 1.83. The van der Waals surface area contributed by atoms with Crippen molar-refractivity contribution in [2.45, 2.75) is 50.5 Å². The molecule has 3 aliphatic rings. The number of carbonyl (C=O) groups is 2. The average Bonchev–Trinajstić information content (AvgIpc) is 3.32. The van der Waals surface area contributed by atoms with Crippen molar-refractivity contribution in [1.82, 2.24) is 14.7 Å². The number of nitrogen functional groups attached to an aromatic ring is 1. The number of carbonyl (C=O) groups excluding carboxylic acids is 2. The number of nitrogens with zero attached hydrogens (tertiary/aromatic N) is 3. The second-order valence-corrected chi connectivity index (χ2v) is 9.85. The molecule has 3 fully saturated rings. The molecular weight excluding hydrogens is 418 g/mol. The molecule has 2 heterocycles. The molecule has 1 aliphatic heterocycles. The summed E-state index contributed by atoms with van der Waals surface area (Å²) >= 11 is 0. The number of amides is 2. The zero-order valence-corrected chi connectivity index (χ0v) is 18.8. The van der Waals surface area contributed by atoms with E-state index in [1.807, 2.05) is 29.2 Å². The maximum absolute atomic E-state index is 12.3. The van der Waals surface area contributed by atoms with Crippen LogP contribution in [0.5, 0.6) is 0 Å². The van der Waals surface area contributed by atoms with Gasteiger partial charge in [-0.25, -0.2) is 4.68 Å². The van der Waals surface area contributed by atoms with Crippen molar-refractivity contribution in [1.29, 1.82) is 0 Å². The molecule has 1 aromatic heterocycles. The van der Waals surface area contributed by atoms with Gasteiger partial charge in [-0.3, -0.25) is 9.59 Å². The predicted molar refractivity (Wildman–Crippen MR) is 124 cm³/mol. The number of rotatable bonds is 5. The molecule has 1 aromatic carbocycles. The Balaban J connectivity index is 1.37. The second-order valence-electron chi connectivity index (χ2n) is 9.85. The van der Waals surface area contributed by atoms with Crippen LogP contribution in [0.3, 0.4) is 0 Å². The van der Waals surface area contributed by atoms with Gasteiger partial charge in [-0.2, -0.15) is 5.10 Å². The fraction of sp³-hybridized carbons (Fsp3) is 0.480. The average molecular weight is 448 g/mol. The highest BCUT2D eigenvalue weighted by atomic mass is 16.3. The van der Waals surface area contributed by atoms with Crippen molar-refractivity contribution >= 4 is 17.6 Å². The Kier molecular flexibility index (Phi) is 4.98. The topological polar surface area (TPSA) is 127 Å². The van der Waals surface area contributed by atoms with Crippen LogP contribution >= 0.6 is 0 Å². The highest BCUT2D eigenvalue weighted by Gasteiger charge is 2.51. The maximum Gasteiger partial charge on any atom is 0.298 e. The van der Waals surface area contributed by atoms with Crippen LogP contribution in [0.4, 0.5) is 5.82 Å². The number of benzene rings is 1. The van der Waals surface area contributed by atoms with Crippen LogP contribution in [0.1, 0.15) is 61.0 Å². The smallest absolute Gasteiger partial charge is 0.298 e. The molecule has 33 heavy (non-hydrogen) atoms. The zero-order valence-electron chi connectivity index (χ0n) is 18.8. The van der Waals surface area contributed by atoms with Gasteiger partial charge in [0.05, 0.1) is 12.6 Å². The number of anilines is 1. The molecule has 5 rings (SSSR count). The summed E-state index contributed by atoms with van der Waals surface area (Å²) in [4.78, 5) is 26.2. The number of aliphatic hydroxyl groups is 1. The Morgan fingerprint density at radius 3 is 2.48 bits per heavy atom. The SMILES string of the molecule is CC#CC(=O)N1CC[C@]2(C1)C[C@H](n1nc(-c3ccc(C4(CO)CC4)cc3)c(C(N)=O)c1N)C2. The highest BCUT2D eigenvalue weighted by Crippen LogP contribution is 2.55. The lowest BCUT2D eigenvalue weighted by molar-refractivity contribution is -0.125. The van der Waals surface area contributed by atoms with E-state index < -0.39 is 5.91 Å². The Morgan fingerprint density at radius 2 is 1.91 bits per heavy atom. The molecule has 1 saturated heterocycles. The molecule has 2 saturated carbocycles. The third-order valence-electron chi connectivity index (χ3n) is 7.76. The molecule has 8 nitrogen and oxygen atoms in total. The minimum atomic E-state index is -0.600. The van der Waals surface area contributed by atoms with E-state index in [0.717, 1.165) is 43.2 Å². The van der Waals surface area contributed by atoms with Crippen molar-refractivity contribution in [3.8, 4) is 23.1 Å². The molecule has 0 atom stereocenters. The molecule has 1 spiro atoms. The number of hydrogen-bond donors (Lipinski definition) is 3. The number of primary amides is 1. The molecule has 2 aliphatic carbocycles. The second kappa shape index (κ2) is 7.63. The Morgan fingerprint density at radius 1 is 1.21 bits per heavy atom. The quantitative estimate of drug-likeness (QED) is 0.603. The van der Waals surface area contributed by atoms with Crippen LogP contribution in [0.2, 0.25) is 0 Å². The maximum atomic E-state index is 12.3. The summed E-state index contributed by atoms with van der Waals surface area (Å²) in [6.45, 7) is 3.22. The van der Waals surface area contributed by atoms with Crippen molar-refractivity contribution in [3.05, 3.63) is 35.4 Å². The number of aliphatic hydroxyl groups excluding tert-OH is 1. The Bertz CT molecular complexity index is 1180. The van der Waals surface area contributed by atoms with E-state index in [-0.39, 0.29) is 34.9 Å². The molecule has 0 bridgehead atoms. The monoisotopic (exact) mass is 447 g/mol. The van der Waals surface area contributed by atoms with Gasteiger partial charge in [0.2, 0.25) is 0 Å². The Labute approximate surface area is 192 Å². The molecule has 8 heteroatoms. The first-order valence-corrected chi connectivity index (χ1v) is 11.4. The molecular formula is C25H29N5O3. The van der Waals surface area contributed by atoms with Crippen LogP contribution in [0.25, 0.3) is 11.3 Å². The minimum Gasteiger partial charge on any atom is -0.395 e. The van der Waals surface area contributed by atoms with Gasteiger partial charge in [-0.15, -0.1) is 0 Å². The summed E-state index contributed by atoms with van der Waals surface area (Å²) in [7, 11) is 0. The van der Waals surface area contributed by atoms with Crippen molar-refractivity contribution in [2.75, 3.05) is 25.4 Å². The summed E-state index contributed by atoms with van der Waals surface area (Å²) in [5, 5.41) is 14.4. The van der Waals surface area contributed by atoms with Gasteiger partial charge >= 0.3 is 0 Å². The normalized spacial score (nSPS) is 24.8. The van der Waals surface area contributed by atoms with E-state index in [1.54, 1.807) is 11.6 Å². The van der Waals surface area contributed by atoms with Crippen molar-refractivity contribution < 1.29 is 14.7 Å². The summed E-state index contributed by atoms with van der Waals surface area (Å²) in [6, 6.07) is 7.87. The number of nitrogens with two attached hydrogens (primary N) is 2. The van der Waals surface area contributed by atoms with Gasteiger partial charge in [0.1, 0.15) is 17.1 Å². The van der Waals surface area contributed by atoms with Crippen LogP contribution in [0.15, 0.2) is 24.3 Å². The molecule has 0 radical (unpaired) electrons. The first kappa shape index (κ1) is 21.5. The lowest BCUT2D eigenvalue weighted by atomic mass is 9.65. The van der Waals surface area contributed by atoms with Gasteiger partial charge in [0.25, 0.3) is 11.8 Å². The van der Waals surface area contributed by atoms with Gasteiger partial charge in [0.15, 0.2) is 0 Å². The molecule has 0 unspecified atom stereocenters. The fourth-order valence-corrected chi connectivity index (χ4v) is 5.58. The first-order valence-electron chi connectivity index (χ1n) is 11.4. The van der Waals surface area contributed by atoms with Crippen molar-refractivity contribution in [2.24, 2.45) is 11.1 Å². The van der Waals surface area contributed by atoms with Gasteiger partial charge in [0, 0.05) is 24.1 Å². The lowest BCUT2D eigenvalue weighted by Crippen LogP contribution is -2.42. The minimum absolute atomic E-state index is 0.0612. The standard InChI is InChI=1S/C25H29N5O3/c1-2-3-19(32)29-11-10-24(14-29)12-18(13-24)30-22(26)20(23(27)33)21(28-30)16-4-6-17(7-5-16)25(15-31)8-9-25/h4-7,18,31H,8-15,26H2,1H3,(H2,27,33)/t18-,24-. The molecule has 2 amide bonds. The van der Waals surface area contributed by atoms with Crippen molar-refractivity contribution in [3.63, 3.8) is 0 Å². The molecule has 5 N–H and O–H groups in total. The first-order chi connectivity index (χ1) is 15.8. The summed E-state index contributed by atoms with van der Waals surface area (Å²) in [6.07, 6.45) is 4.59. The van der Waals surface area contributed by atoms with Crippen LogP contribution in [0, 0.1) is 17.3 Å². The van der Waals surface area contributed by atoms with Gasteiger partial charge < -0.3 is 21.5 Å². The van der Waals surface area contributed by atoms with Crippen LogP contribution in [-0.4, -0.2) is 51.3 Å². The molecule has 2 aromatic rings. The van der Waals surface area contributed by atoms with Crippen LogP contribution in [-0.2, 0) is 10.2 Å². The zero-order chi connectivity index (χ0) is 23.4. The summed E-state index contributed by atoms with van der Waals surface area (Å²) in [5.74, 6) is 4.87. The number of hydrogen-bond acceptors (Lipinski definition) is 5. The van der Waals surface area contributed by atoms with Crippen LogP contribution < -0.4 is 11.5 Å². The van der Waals surface area contributed by atoms with E-state index in [9.17, 15) is 14.7 Å². The van der Waals surface area contributed by atoms with E-state index >= 15 is 0 Å². The third kappa shape index (κ3) is 3.47. The third-order valence-corrected chi connectivity index (χ3v) is 7.76. The Hall–Kier alpha value is -3.31. The van der Waals surface area contributed by atoms with E-state index in [4.69, 9.17) is 16.6 Å². The van der Waals surface area contributed by atoms with E-state index in [1.165, 1.54) is 0 Å². The van der Waals surface area contributed by atoms with Gasteiger partial charge in [-0.05, 0) is 55.9 Å². The number of likely N-dealkylation sites (tertiary alicyclic amines) is 1. The summed E-state index contributed by atoms with van der Waals surface area (Å²) < 4.78 is 1.74. The van der Waals surface area contributed by atoms with E-state index in [0.29, 0.717) is 24.6 Å². The largest absolute Gasteiger partial charge is 0.395 e.